The zero-order valence-corrected chi connectivity index (χ0v) is 14.2. The molecule has 0 saturated carbocycles. The maximum Gasteiger partial charge on any atom is 0.230 e. The molecule has 3 heterocycles. The Hall–Kier alpha value is -2.48. The average Bonchev–Trinajstić information content (AvgIpc) is 3.43. The van der Waals surface area contributed by atoms with Gasteiger partial charge < -0.3 is 4.90 Å². The number of amides is 1. The second-order valence-electron chi connectivity index (χ2n) is 6.28. The van der Waals surface area contributed by atoms with Gasteiger partial charge in [0.05, 0.1) is 5.92 Å². The third kappa shape index (κ3) is 3.41. The molecular weight excluding hydrogens is 338 g/mol. The molecule has 0 aliphatic carbocycles. The Bertz CT molecular complexity index is 745. The maximum absolute atomic E-state index is 12.9. The van der Waals surface area contributed by atoms with Gasteiger partial charge in [0.15, 0.2) is 0 Å². The molecule has 2 atom stereocenters. The normalized spacial score (nSPS) is 23.4. The predicted octanol–water partition coefficient (Wildman–Crippen LogP) is -2.33. The van der Waals surface area contributed by atoms with Gasteiger partial charge in [0.25, 0.3) is 0 Å². The standard InChI is InChI=1S/C14H21N11O/c1-24(7-9-3-2-4-10(5-9)12-17-21-22-18-12)14(26)11-6-15-19-13(11)25-8-16-20-23-25/h2-5,8,11-13,15,17-19,21-22H,6-7H2,1H3. The molecule has 2 aliphatic heterocycles. The van der Waals surface area contributed by atoms with Crippen molar-refractivity contribution in [2.45, 2.75) is 18.9 Å². The van der Waals surface area contributed by atoms with Crippen molar-refractivity contribution >= 4 is 5.91 Å². The first kappa shape index (κ1) is 17.0. The van der Waals surface area contributed by atoms with E-state index in [2.05, 4.69) is 54.4 Å². The van der Waals surface area contributed by atoms with Crippen molar-refractivity contribution in [1.82, 2.24) is 57.9 Å². The Labute approximate surface area is 149 Å². The fraction of sp³-hybridized carbons (Fsp3) is 0.429. The molecule has 1 amide bonds. The first-order valence-electron chi connectivity index (χ1n) is 8.28. The Kier molecular flexibility index (Phi) is 4.83. The average molecular weight is 359 g/mol. The van der Waals surface area contributed by atoms with Crippen LogP contribution < -0.4 is 32.8 Å². The SMILES string of the molecule is CN(Cc1cccc(C2NNNN2)c1)C(=O)C1CNNC1n1cnnn1. The van der Waals surface area contributed by atoms with Gasteiger partial charge in [-0.25, -0.2) is 21.0 Å². The lowest BCUT2D eigenvalue weighted by atomic mass is 10.0. The molecule has 138 valence electrons. The second kappa shape index (κ2) is 7.41. The van der Waals surface area contributed by atoms with Gasteiger partial charge in [-0.15, -0.1) is 5.10 Å². The van der Waals surface area contributed by atoms with Crippen LogP contribution in [-0.4, -0.2) is 44.6 Å². The van der Waals surface area contributed by atoms with E-state index in [1.807, 2.05) is 18.2 Å². The van der Waals surface area contributed by atoms with Gasteiger partial charge in [-0.3, -0.25) is 10.2 Å². The summed E-state index contributed by atoms with van der Waals surface area (Å²) >= 11 is 0. The van der Waals surface area contributed by atoms with Gasteiger partial charge in [-0.05, 0) is 21.6 Å². The number of hydrazine groups is 4. The summed E-state index contributed by atoms with van der Waals surface area (Å²) < 4.78 is 1.55. The Balaban J connectivity index is 1.43. The van der Waals surface area contributed by atoms with E-state index in [9.17, 15) is 4.79 Å². The van der Waals surface area contributed by atoms with Crippen molar-refractivity contribution in [2.75, 3.05) is 13.6 Å². The minimum absolute atomic E-state index is 0.0221. The molecule has 2 aliphatic rings. The highest BCUT2D eigenvalue weighted by atomic mass is 16.2. The van der Waals surface area contributed by atoms with Gasteiger partial charge in [-0.1, -0.05) is 24.3 Å². The van der Waals surface area contributed by atoms with Crippen LogP contribution in [0.15, 0.2) is 30.6 Å². The van der Waals surface area contributed by atoms with Gasteiger partial charge in [0, 0.05) is 20.1 Å². The molecule has 12 heteroatoms. The van der Waals surface area contributed by atoms with Crippen LogP contribution in [0.1, 0.15) is 23.5 Å². The van der Waals surface area contributed by atoms with E-state index in [-0.39, 0.29) is 24.2 Å². The minimum atomic E-state index is -0.310. The van der Waals surface area contributed by atoms with Crippen LogP contribution in [0.5, 0.6) is 0 Å². The fourth-order valence-electron chi connectivity index (χ4n) is 3.18. The van der Waals surface area contributed by atoms with E-state index in [4.69, 9.17) is 0 Å². The van der Waals surface area contributed by atoms with Crippen LogP contribution in [0.2, 0.25) is 0 Å². The highest BCUT2D eigenvalue weighted by Gasteiger charge is 2.36. The number of hydrogen-bond donors (Lipinski definition) is 6. The van der Waals surface area contributed by atoms with Crippen LogP contribution in [0.25, 0.3) is 0 Å². The number of tetrazole rings is 1. The zero-order chi connectivity index (χ0) is 17.9. The highest BCUT2D eigenvalue weighted by molar-refractivity contribution is 5.79. The monoisotopic (exact) mass is 359 g/mol. The third-order valence-electron chi connectivity index (χ3n) is 4.50. The van der Waals surface area contributed by atoms with Gasteiger partial charge in [0.2, 0.25) is 5.91 Å². The van der Waals surface area contributed by atoms with Gasteiger partial charge in [-0.2, -0.15) is 11.1 Å². The van der Waals surface area contributed by atoms with E-state index in [1.54, 1.807) is 16.6 Å². The molecule has 2 fully saturated rings. The molecule has 4 rings (SSSR count). The first-order valence-corrected chi connectivity index (χ1v) is 8.28. The molecule has 26 heavy (non-hydrogen) atoms. The summed E-state index contributed by atoms with van der Waals surface area (Å²) in [7, 11) is 1.80. The smallest absolute Gasteiger partial charge is 0.230 e. The Morgan fingerprint density at radius 1 is 1.31 bits per heavy atom. The van der Waals surface area contributed by atoms with E-state index in [1.165, 1.54) is 6.33 Å². The number of aromatic nitrogens is 4. The van der Waals surface area contributed by atoms with Crippen LogP contribution in [0.4, 0.5) is 0 Å². The Morgan fingerprint density at radius 3 is 2.92 bits per heavy atom. The highest BCUT2D eigenvalue weighted by Crippen LogP contribution is 2.21. The molecule has 6 N–H and O–H groups in total. The van der Waals surface area contributed by atoms with Crippen molar-refractivity contribution in [3.8, 4) is 0 Å². The predicted molar refractivity (Wildman–Crippen MR) is 89.7 cm³/mol. The molecule has 0 radical (unpaired) electrons. The number of nitrogens with zero attached hydrogens (tertiary/aromatic N) is 5. The molecule has 1 aromatic carbocycles. The lowest BCUT2D eigenvalue weighted by Gasteiger charge is -2.24. The molecule has 0 spiro atoms. The minimum Gasteiger partial charge on any atom is -0.341 e. The lowest BCUT2D eigenvalue weighted by Crippen LogP contribution is -2.38. The van der Waals surface area contributed by atoms with Crippen molar-refractivity contribution in [1.29, 1.82) is 0 Å². The summed E-state index contributed by atoms with van der Waals surface area (Å²) in [5.74, 6) is -0.271. The third-order valence-corrected chi connectivity index (χ3v) is 4.50. The van der Waals surface area contributed by atoms with E-state index < -0.39 is 0 Å². The van der Waals surface area contributed by atoms with E-state index in [0.29, 0.717) is 13.1 Å². The molecule has 2 unspecified atom stereocenters. The molecule has 12 nitrogen and oxygen atoms in total. The molecule has 2 aromatic rings. The van der Waals surface area contributed by atoms with Crippen molar-refractivity contribution in [3.05, 3.63) is 41.7 Å². The summed E-state index contributed by atoms with van der Waals surface area (Å²) in [5.41, 5.74) is 19.9. The molecular formula is C14H21N11O. The van der Waals surface area contributed by atoms with Crippen LogP contribution in [0, 0.1) is 5.92 Å². The van der Waals surface area contributed by atoms with E-state index in [0.717, 1.165) is 11.1 Å². The molecule has 0 bridgehead atoms. The largest absolute Gasteiger partial charge is 0.341 e. The van der Waals surface area contributed by atoms with Crippen LogP contribution >= 0.6 is 0 Å². The number of benzene rings is 1. The number of nitrogens with one attached hydrogen (secondary N) is 6. The number of carbonyl (C=O) groups excluding carboxylic acids is 1. The van der Waals surface area contributed by atoms with Crippen molar-refractivity contribution < 1.29 is 4.79 Å². The second-order valence-corrected chi connectivity index (χ2v) is 6.28. The van der Waals surface area contributed by atoms with Gasteiger partial charge >= 0.3 is 0 Å². The Morgan fingerprint density at radius 2 is 2.15 bits per heavy atom. The summed E-state index contributed by atoms with van der Waals surface area (Å²) in [6.07, 6.45) is 1.15. The first-order chi connectivity index (χ1) is 12.7. The van der Waals surface area contributed by atoms with E-state index >= 15 is 0 Å². The summed E-state index contributed by atoms with van der Waals surface area (Å²) in [5, 5.41) is 11.2. The quantitative estimate of drug-likeness (QED) is 0.345. The van der Waals surface area contributed by atoms with Crippen LogP contribution in [0.3, 0.4) is 0 Å². The molecule has 2 saturated heterocycles. The van der Waals surface area contributed by atoms with Gasteiger partial charge in [0.1, 0.15) is 18.7 Å². The number of rotatable bonds is 5. The van der Waals surface area contributed by atoms with Crippen molar-refractivity contribution in [3.63, 3.8) is 0 Å². The maximum atomic E-state index is 12.9. The summed E-state index contributed by atoms with van der Waals surface area (Å²) in [6.45, 7) is 1.03. The zero-order valence-electron chi connectivity index (χ0n) is 14.2. The fourth-order valence-corrected chi connectivity index (χ4v) is 3.18. The van der Waals surface area contributed by atoms with Crippen molar-refractivity contribution in [2.24, 2.45) is 5.92 Å². The van der Waals surface area contributed by atoms with Crippen LogP contribution in [-0.2, 0) is 11.3 Å². The summed E-state index contributed by atoms with van der Waals surface area (Å²) in [6, 6.07) is 8.07. The lowest BCUT2D eigenvalue weighted by molar-refractivity contribution is -0.135. The number of carbonyl (C=O) groups is 1. The number of hydrogen-bond acceptors (Lipinski definition) is 10. The summed E-state index contributed by atoms with van der Waals surface area (Å²) in [4.78, 5) is 14.6. The topological polar surface area (TPSA) is 136 Å². The molecule has 1 aromatic heterocycles.